The highest BCUT2D eigenvalue weighted by molar-refractivity contribution is 5.93. The number of hydrogen-bond acceptors (Lipinski definition) is 5. The number of rotatable bonds is 8. The predicted molar refractivity (Wildman–Crippen MR) is 160 cm³/mol. The smallest absolute Gasteiger partial charge is 0.224 e. The topological polar surface area (TPSA) is 94.3 Å². The lowest BCUT2D eigenvalue weighted by Crippen LogP contribution is -2.54. The highest BCUT2D eigenvalue weighted by Crippen LogP contribution is 2.36. The number of carbonyl (C=O) groups is 2. The van der Waals surface area contributed by atoms with Crippen LogP contribution in [0, 0.1) is 17.3 Å². The SMILES string of the molecule is CC(C)(C)C(=O)CC1CCC(CC(=O)Nc2cnc(-c3ccc(C4(N)COC4)cc3)c(-c3ccccc3)c2)CC1. The molecule has 6 nitrogen and oxygen atoms in total. The van der Waals surface area contributed by atoms with Crippen molar-refractivity contribution in [1.82, 2.24) is 4.98 Å². The minimum absolute atomic E-state index is 0.0168. The Kier molecular flexibility index (Phi) is 8.20. The number of pyridine rings is 1. The Bertz CT molecular complexity index is 1330. The third kappa shape index (κ3) is 6.51. The standard InChI is InChI=1S/C34H41N3O3/c1-33(2,3)30(38)17-23-9-11-24(12-10-23)18-31(39)37-28-19-29(25-7-5-4-6-8-25)32(36-20-28)26-13-15-27(16-14-26)34(35)21-40-22-34/h4-8,13-16,19-20,23-24H,9-12,17-18,21-22,35H2,1-3H3,(H,37,39). The fourth-order valence-corrected chi connectivity index (χ4v) is 5.73. The van der Waals surface area contributed by atoms with Crippen LogP contribution >= 0.6 is 0 Å². The average molecular weight is 540 g/mol. The van der Waals surface area contributed by atoms with Crippen molar-refractivity contribution in [3.63, 3.8) is 0 Å². The van der Waals surface area contributed by atoms with E-state index >= 15 is 0 Å². The van der Waals surface area contributed by atoms with Crippen molar-refractivity contribution < 1.29 is 14.3 Å². The molecular formula is C34H41N3O3. The quantitative estimate of drug-likeness (QED) is 0.331. The molecule has 3 aromatic rings. The molecule has 2 fully saturated rings. The van der Waals surface area contributed by atoms with Crippen molar-refractivity contribution in [2.45, 2.75) is 64.8 Å². The van der Waals surface area contributed by atoms with Gasteiger partial charge in [-0.15, -0.1) is 0 Å². The molecular weight excluding hydrogens is 498 g/mol. The van der Waals surface area contributed by atoms with Crippen molar-refractivity contribution >= 4 is 17.4 Å². The molecule has 0 radical (unpaired) electrons. The highest BCUT2D eigenvalue weighted by atomic mass is 16.5. The van der Waals surface area contributed by atoms with Crippen LogP contribution in [0.5, 0.6) is 0 Å². The predicted octanol–water partition coefficient (Wildman–Crippen LogP) is 6.74. The van der Waals surface area contributed by atoms with Crippen LogP contribution in [0.3, 0.4) is 0 Å². The summed E-state index contributed by atoms with van der Waals surface area (Å²) in [4.78, 5) is 30.3. The number of benzene rings is 2. The number of nitrogens with one attached hydrogen (secondary N) is 1. The summed E-state index contributed by atoms with van der Waals surface area (Å²) in [6.45, 7) is 7.05. The van der Waals surface area contributed by atoms with Gasteiger partial charge in [0.15, 0.2) is 0 Å². The van der Waals surface area contributed by atoms with E-state index < -0.39 is 5.54 Å². The number of Topliss-reactive ketones (excluding diaryl/α,β-unsaturated/α-hetero) is 1. The van der Waals surface area contributed by atoms with Gasteiger partial charge in [-0.25, -0.2) is 0 Å². The summed E-state index contributed by atoms with van der Waals surface area (Å²) in [6.07, 6.45) is 6.92. The molecule has 0 spiro atoms. The summed E-state index contributed by atoms with van der Waals surface area (Å²) >= 11 is 0. The minimum Gasteiger partial charge on any atom is -0.377 e. The molecule has 3 N–H and O–H groups in total. The van der Waals surface area contributed by atoms with Gasteiger partial charge in [0.25, 0.3) is 0 Å². The molecule has 40 heavy (non-hydrogen) atoms. The van der Waals surface area contributed by atoms with E-state index in [1.807, 2.05) is 45.0 Å². The Balaban J connectivity index is 1.26. The van der Waals surface area contributed by atoms with Crippen LogP contribution in [0.1, 0.15) is 64.9 Å². The third-order valence-electron chi connectivity index (χ3n) is 8.46. The summed E-state index contributed by atoms with van der Waals surface area (Å²) in [5.41, 5.74) is 11.3. The summed E-state index contributed by atoms with van der Waals surface area (Å²) in [7, 11) is 0. The molecule has 2 aliphatic rings. The molecule has 1 aromatic heterocycles. The first kappa shape index (κ1) is 28.2. The zero-order valence-electron chi connectivity index (χ0n) is 23.9. The fourth-order valence-electron chi connectivity index (χ4n) is 5.73. The summed E-state index contributed by atoms with van der Waals surface area (Å²) < 4.78 is 5.32. The van der Waals surface area contributed by atoms with Gasteiger partial charge in [-0.05, 0) is 54.7 Å². The molecule has 0 bridgehead atoms. The summed E-state index contributed by atoms with van der Waals surface area (Å²) in [5.74, 6) is 1.16. The number of amides is 1. The zero-order valence-corrected chi connectivity index (χ0v) is 23.9. The van der Waals surface area contributed by atoms with Crippen LogP contribution in [0.4, 0.5) is 5.69 Å². The first-order valence-electron chi connectivity index (χ1n) is 14.5. The lowest BCUT2D eigenvalue weighted by molar-refractivity contribution is -0.127. The Morgan fingerprint density at radius 2 is 1.55 bits per heavy atom. The number of ether oxygens (including phenoxy) is 1. The lowest BCUT2D eigenvalue weighted by atomic mass is 9.76. The van der Waals surface area contributed by atoms with E-state index in [9.17, 15) is 9.59 Å². The Morgan fingerprint density at radius 3 is 2.12 bits per heavy atom. The zero-order chi connectivity index (χ0) is 28.3. The lowest BCUT2D eigenvalue weighted by Gasteiger charge is -2.38. The van der Waals surface area contributed by atoms with Crippen molar-refractivity contribution in [3.05, 3.63) is 72.4 Å². The Hall–Kier alpha value is -3.35. The summed E-state index contributed by atoms with van der Waals surface area (Å²) in [5, 5.41) is 3.10. The summed E-state index contributed by atoms with van der Waals surface area (Å²) in [6, 6.07) is 20.4. The van der Waals surface area contributed by atoms with Gasteiger partial charge in [0.05, 0.1) is 36.3 Å². The van der Waals surface area contributed by atoms with Gasteiger partial charge in [-0.1, -0.05) is 75.4 Å². The van der Waals surface area contributed by atoms with Crippen LogP contribution in [-0.2, 0) is 19.9 Å². The maximum Gasteiger partial charge on any atom is 0.224 e. The Morgan fingerprint density at radius 1 is 0.925 bits per heavy atom. The van der Waals surface area contributed by atoms with E-state index in [0.717, 1.165) is 53.6 Å². The second-order valence-corrected chi connectivity index (χ2v) is 12.7. The van der Waals surface area contributed by atoms with E-state index in [2.05, 4.69) is 41.7 Å². The molecule has 0 unspecified atom stereocenters. The molecule has 0 atom stereocenters. The third-order valence-corrected chi connectivity index (χ3v) is 8.46. The molecule has 1 amide bonds. The van der Waals surface area contributed by atoms with Crippen LogP contribution in [-0.4, -0.2) is 29.9 Å². The van der Waals surface area contributed by atoms with Crippen LogP contribution in [0.2, 0.25) is 0 Å². The number of aromatic nitrogens is 1. The van der Waals surface area contributed by atoms with E-state index in [-0.39, 0.29) is 11.3 Å². The molecule has 6 heteroatoms. The normalized spacial score (nSPS) is 20.4. The average Bonchev–Trinajstić information content (AvgIpc) is 2.93. The largest absolute Gasteiger partial charge is 0.377 e. The number of anilines is 1. The molecule has 1 saturated heterocycles. The van der Waals surface area contributed by atoms with Gasteiger partial charge < -0.3 is 15.8 Å². The molecule has 5 rings (SSSR count). The van der Waals surface area contributed by atoms with Gasteiger partial charge in [0, 0.05) is 29.4 Å². The molecule has 1 aliphatic heterocycles. The first-order valence-corrected chi connectivity index (χ1v) is 14.5. The van der Waals surface area contributed by atoms with Gasteiger partial charge >= 0.3 is 0 Å². The Labute approximate surface area is 237 Å². The van der Waals surface area contributed by atoms with Crippen LogP contribution < -0.4 is 11.1 Å². The number of hydrogen-bond donors (Lipinski definition) is 2. The molecule has 2 aromatic carbocycles. The van der Waals surface area contributed by atoms with Crippen LogP contribution in [0.25, 0.3) is 22.4 Å². The number of nitrogens with two attached hydrogens (primary N) is 1. The van der Waals surface area contributed by atoms with E-state index in [4.69, 9.17) is 15.5 Å². The van der Waals surface area contributed by atoms with Gasteiger partial charge in [-0.3, -0.25) is 14.6 Å². The monoisotopic (exact) mass is 539 g/mol. The van der Waals surface area contributed by atoms with Crippen molar-refractivity contribution in [2.24, 2.45) is 23.0 Å². The van der Waals surface area contributed by atoms with Gasteiger partial charge in [-0.2, -0.15) is 0 Å². The maximum absolute atomic E-state index is 13.0. The van der Waals surface area contributed by atoms with Crippen molar-refractivity contribution in [1.29, 1.82) is 0 Å². The van der Waals surface area contributed by atoms with Crippen molar-refractivity contribution in [3.8, 4) is 22.4 Å². The van der Waals surface area contributed by atoms with E-state index in [0.29, 0.717) is 49.4 Å². The number of ketones is 1. The first-order chi connectivity index (χ1) is 19.1. The van der Waals surface area contributed by atoms with Gasteiger partial charge in [0.2, 0.25) is 5.91 Å². The fraction of sp³-hybridized carbons (Fsp3) is 0.441. The second kappa shape index (κ2) is 11.6. The minimum atomic E-state index is -0.411. The highest BCUT2D eigenvalue weighted by Gasteiger charge is 2.36. The molecule has 1 saturated carbocycles. The second-order valence-electron chi connectivity index (χ2n) is 12.7. The number of nitrogens with zero attached hydrogens (tertiary/aromatic N) is 1. The van der Waals surface area contributed by atoms with Crippen molar-refractivity contribution in [2.75, 3.05) is 18.5 Å². The van der Waals surface area contributed by atoms with E-state index in [1.54, 1.807) is 6.20 Å². The molecule has 1 aliphatic carbocycles. The van der Waals surface area contributed by atoms with Crippen LogP contribution in [0.15, 0.2) is 66.9 Å². The molecule has 2 heterocycles. The maximum atomic E-state index is 13.0. The van der Waals surface area contributed by atoms with E-state index in [1.165, 1.54) is 0 Å². The number of carbonyl (C=O) groups excluding carboxylic acids is 2. The molecule has 210 valence electrons. The van der Waals surface area contributed by atoms with Gasteiger partial charge in [0.1, 0.15) is 5.78 Å².